The molecule has 5 heteroatoms. The minimum Gasteiger partial charge on any atom is -0.271 e. The third kappa shape index (κ3) is 5.40. The average Bonchev–Trinajstić information content (AvgIpc) is 1.66. The summed E-state index contributed by atoms with van der Waals surface area (Å²) in [5, 5.41) is 7.85. The van der Waals surface area contributed by atoms with Gasteiger partial charge in [-0.3, -0.25) is 4.18 Å². The van der Waals surface area contributed by atoms with E-state index < -0.39 is 11.0 Å². The van der Waals surface area contributed by atoms with Crippen molar-refractivity contribution in [2.75, 3.05) is 6.61 Å². The molecule has 0 aliphatic rings. The Morgan fingerprint density at radius 3 is 2.62 bits per heavy atom. The van der Waals surface area contributed by atoms with Gasteiger partial charge in [0.2, 0.25) is 0 Å². The number of nitrogens with zero attached hydrogens (tertiary/aromatic N) is 1. The number of nitriles is 1. The standard InChI is InChI=1S/C3H5NO3S/c4-2-1-3-7-8(5)6/h8H,1,3H2. The summed E-state index contributed by atoms with van der Waals surface area (Å²) >= 11 is 0. The molecule has 4 nitrogen and oxygen atoms in total. The van der Waals surface area contributed by atoms with Crippen molar-refractivity contribution in [2.45, 2.75) is 6.42 Å². The van der Waals surface area contributed by atoms with Gasteiger partial charge in [0.1, 0.15) is 0 Å². The Hall–Kier alpha value is -0.600. The van der Waals surface area contributed by atoms with Gasteiger partial charge in [0, 0.05) is 0 Å². The first kappa shape index (κ1) is 7.40. The molecule has 0 saturated carbocycles. The van der Waals surface area contributed by atoms with Gasteiger partial charge in [0.25, 0.3) is 11.0 Å². The first-order valence-electron chi connectivity index (χ1n) is 1.91. The topological polar surface area (TPSA) is 67.2 Å². The number of rotatable bonds is 3. The van der Waals surface area contributed by atoms with Crippen molar-refractivity contribution >= 4 is 11.0 Å². The van der Waals surface area contributed by atoms with Crippen LogP contribution in [0.15, 0.2) is 0 Å². The van der Waals surface area contributed by atoms with Crippen LogP contribution >= 0.6 is 0 Å². The maximum absolute atomic E-state index is 9.58. The largest absolute Gasteiger partial charge is 0.271 e. The van der Waals surface area contributed by atoms with Crippen LogP contribution in [0.4, 0.5) is 0 Å². The lowest BCUT2D eigenvalue weighted by molar-refractivity contribution is 0.342. The van der Waals surface area contributed by atoms with E-state index in [0.717, 1.165) is 0 Å². The highest BCUT2D eigenvalue weighted by molar-refractivity contribution is 7.67. The molecule has 0 aromatic rings. The molecule has 0 saturated heterocycles. The second kappa shape index (κ2) is 4.56. The Bertz CT molecular complexity index is 148. The van der Waals surface area contributed by atoms with Gasteiger partial charge in [-0.25, -0.2) is 8.42 Å². The van der Waals surface area contributed by atoms with Crippen molar-refractivity contribution in [1.29, 1.82) is 5.26 Å². The fourth-order valence-electron chi connectivity index (χ4n) is 0.166. The van der Waals surface area contributed by atoms with E-state index in [1.165, 1.54) is 0 Å². The van der Waals surface area contributed by atoms with Crippen LogP contribution in [0, 0.1) is 11.3 Å². The van der Waals surface area contributed by atoms with E-state index in [0.29, 0.717) is 0 Å². The molecule has 0 aliphatic heterocycles. The second-order valence-electron chi connectivity index (χ2n) is 0.965. The first-order valence-corrected chi connectivity index (χ1v) is 3.01. The normalized spacial score (nSPS) is 9.00. The summed E-state index contributed by atoms with van der Waals surface area (Å²) in [5.74, 6) is 0. The van der Waals surface area contributed by atoms with Crippen LogP contribution in [-0.2, 0) is 15.2 Å². The van der Waals surface area contributed by atoms with Crippen LogP contribution in [-0.4, -0.2) is 15.0 Å². The molecule has 0 atom stereocenters. The summed E-state index contributed by atoms with van der Waals surface area (Å²) in [6, 6.07) is 1.73. The third-order valence-corrected chi connectivity index (χ3v) is 0.804. The molecule has 0 aliphatic carbocycles. The Balaban J connectivity index is 3.09. The minimum atomic E-state index is -2.76. The van der Waals surface area contributed by atoms with E-state index in [4.69, 9.17) is 5.26 Å². The lowest BCUT2D eigenvalue weighted by atomic mass is 10.5. The van der Waals surface area contributed by atoms with Crippen LogP contribution in [0.25, 0.3) is 0 Å². The summed E-state index contributed by atoms with van der Waals surface area (Å²) < 4.78 is 23.2. The summed E-state index contributed by atoms with van der Waals surface area (Å²) in [6.45, 7) is -0.0325. The molecule has 0 radical (unpaired) electrons. The zero-order valence-electron chi connectivity index (χ0n) is 4.03. The summed E-state index contributed by atoms with van der Waals surface area (Å²) in [7, 11) is -2.76. The molecule has 0 amide bonds. The fraction of sp³-hybridized carbons (Fsp3) is 0.667. The van der Waals surface area contributed by atoms with Gasteiger partial charge in [-0.1, -0.05) is 0 Å². The molecule has 46 valence electrons. The fourth-order valence-corrected chi connectivity index (χ4v) is 0.406. The maximum Gasteiger partial charge on any atom is 0.257 e. The Kier molecular flexibility index (Phi) is 4.21. The average molecular weight is 135 g/mol. The molecule has 0 aromatic heterocycles. The zero-order valence-corrected chi connectivity index (χ0v) is 4.93. The molecule has 0 N–H and O–H groups in total. The Labute approximate surface area is 48.8 Å². The van der Waals surface area contributed by atoms with E-state index in [1.807, 2.05) is 0 Å². The van der Waals surface area contributed by atoms with Crippen LogP contribution < -0.4 is 0 Å². The lowest BCUT2D eigenvalue weighted by Gasteiger charge is -1.83. The van der Waals surface area contributed by atoms with Crippen molar-refractivity contribution < 1.29 is 12.6 Å². The van der Waals surface area contributed by atoms with Crippen molar-refractivity contribution in [3.63, 3.8) is 0 Å². The van der Waals surface area contributed by atoms with E-state index in [-0.39, 0.29) is 13.0 Å². The predicted molar refractivity (Wildman–Crippen MR) is 26.5 cm³/mol. The van der Waals surface area contributed by atoms with Crippen LogP contribution in [0.5, 0.6) is 0 Å². The van der Waals surface area contributed by atoms with Gasteiger partial charge < -0.3 is 0 Å². The molecular weight excluding hydrogens is 130 g/mol. The van der Waals surface area contributed by atoms with Crippen LogP contribution in [0.2, 0.25) is 0 Å². The van der Waals surface area contributed by atoms with Crippen molar-refractivity contribution in [1.82, 2.24) is 0 Å². The van der Waals surface area contributed by atoms with Crippen molar-refractivity contribution in [3.8, 4) is 6.07 Å². The summed E-state index contributed by atoms with van der Waals surface area (Å²) in [6.07, 6.45) is 0.114. The van der Waals surface area contributed by atoms with Gasteiger partial charge in [-0.05, 0) is 0 Å². The zero-order chi connectivity index (χ0) is 6.41. The smallest absolute Gasteiger partial charge is 0.257 e. The van der Waals surface area contributed by atoms with E-state index in [9.17, 15) is 8.42 Å². The van der Waals surface area contributed by atoms with Gasteiger partial charge >= 0.3 is 0 Å². The highest BCUT2D eigenvalue weighted by Gasteiger charge is 1.83. The third-order valence-electron chi connectivity index (χ3n) is 0.411. The molecule has 0 fully saturated rings. The summed E-state index contributed by atoms with van der Waals surface area (Å²) in [5.41, 5.74) is 0. The van der Waals surface area contributed by atoms with Crippen LogP contribution in [0.1, 0.15) is 6.42 Å². The molecule has 0 heterocycles. The summed E-state index contributed by atoms with van der Waals surface area (Å²) in [4.78, 5) is 0. The Morgan fingerprint density at radius 2 is 2.25 bits per heavy atom. The molecular formula is C3H5NO3S. The molecule has 0 rings (SSSR count). The number of hydrogen-bond acceptors (Lipinski definition) is 4. The van der Waals surface area contributed by atoms with E-state index in [2.05, 4.69) is 4.18 Å². The minimum absolute atomic E-state index is 0.0325. The second-order valence-corrected chi connectivity index (χ2v) is 1.67. The van der Waals surface area contributed by atoms with Crippen molar-refractivity contribution in [3.05, 3.63) is 0 Å². The number of thiol groups is 1. The van der Waals surface area contributed by atoms with Gasteiger partial charge in [-0.2, -0.15) is 5.26 Å². The SMILES string of the molecule is N#CCCO[SH](=O)=O. The molecule has 0 aromatic carbocycles. The predicted octanol–water partition coefficient (Wildman–Crippen LogP) is -0.557. The van der Waals surface area contributed by atoms with Gasteiger partial charge in [-0.15, -0.1) is 0 Å². The van der Waals surface area contributed by atoms with E-state index in [1.54, 1.807) is 6.07 Å². The highest BCUT2D eigenvalue weighted by atomic mass is 32.2. The Morgan fingerprint density at radius 1 is 1.62 bits per heavy atom. The monoisotopic (exact) mass is 135 g/mol. The number of hydrogen-bond donors (Lipinski definition) is 1. The highest BCUT2D eigenvalue weighted by Crippen LogP contribution is 1.77. The van der Waals surface area contributed by atoms with Crippen molar-refractivity contribution in [2.24, 2.45) is 0 Å². The lowest BCUT2D eigenvalue weighted by Crippen LogP contribution is -1.88. The maximum atomic E-state index is 9.58. The quantitative estimate of drug-likeness (QED) is 0.416. The van der Waals surface area contributed by atoms with E-state index >= 15 is 0 Å². The van der Waals surface area contributed by atoms with Gasteiger partial charge in [0.05, 0.1) is 19.1 Å². The van der Waals surface area contributed by atoms with Gasteiger partial charge in [0.15, 0.2) is 0 Å². The van der Waals surface area contributed by atoms with Crippen LogP contribution in [0.3, 0.4) is 0 Å². The molecule has 8 heavy (non-hydrogen) atoms. The molecule has 0 unspecified atom stereocenters. The molecule has 0 bridgehead atoms. The molecule has 0 spiro atoms. The first-order chi connectivity index (χ1) is 3.77.